The molecule has 0 saturated carbocycles. The van der Waals surface area contributed by atoms with Gasteiger partial charge in [-0.25, -0.2) is 9.59 Å². The number of amides is 1. The van der Waals surface area contributed by atoms with Gasteiger partial charge >= 0.3 is 18.2 Å². The first-order chi connectivity index (χ1) is 8.63. The number of ether oxygens (including phenoxy) is 1. The Labute approximate surface area is 112 Å². The maximum atomic E-state index is 12.0. The lowest BCUT2D eigenvalue weighted by atomic mass is 10.2. The van der Waals surface area contributed by atoms with Crippen LogP contribution in [0.3, 0.4) is 0 Å². The number of alkyl halides is 3. The fourth-order valence-corrected chi connectivity index (χ4v) is 3.14. The van der Waals surface area contributed by atoms with Crippen molar-refractivity contribution in [3.05, 3.63) is 0 Å². The second-order valence-corrected chi connectivity index (χ2v) is 5.55. The summed E-state index contributed by atoms with van der Waals surface area (Å²) in [6.45, 7) is 1.79. The molecule has 0 spiro atoms. The van der Waals surface area contributed by atoms with Crippen molar-refractivity contribution in [3.63, 3.8) is 0 Å². The standard InChI is InChI=1S/C10H14F3NO4S/c1-5(2)7-14(6(3-19-7)8(15)16)9(17)18-4-10(11,12)13/h5-7H,3-4H2,1-2H3,(H,15,16). The number of carboxylic acids is 1. The Hall–Kier alpha value is -1.12. The Balaban J connectivity index is 2.78. The first-order valence-electron chi connectivity index (χ1n) is 5.49. The molecule has 9 heteroatoms. The number of rotatable bonds is 3. The topological polar surface area (TPSA) is 66.8 Å². The van der Waals surface area contributed by atoms with Gasteiger partial charge in [-0.3, -0.25) is 4.90 Å². The molecule has 1 saturated heterocycles. The van der Waals surface area contributed by atoms with Crippen molar-refractivity contribution < 1.29 is 32.6 Å². The van der Waals surface area contributed by atoms with Crippen LogP contribution in [-0.2, 0) is 9.53 Å². The summed E-state index contributed by atoms with van der Waals surface area (Å²) in [5, 5.41) is 8.48. The van der Waals surface area contributed by atoms with Crippen molar-refractivity contribution in [3.8, 4) is 0 Å². The molecule has 0 radical (unpaired) electrons. The minimum absolute atomic E-state index is 0.0900. The molecule has 2 unspecified atom stereocenters. The van der Waals surface area contributed by atoms with Gasteiger partial charge in [-0.15, -0.1) is 11.8 Å². The molecule has 1 fully saturated rings. The van der Waals surface area contributed by atoms with E-state index in [0.29, 0.717) is 0 Å². The van der Waals surface area contributed by atoms with Gasteiger partial charge in [0.2, 0.25) is 0 Å². The summed E-state index contributed by atoms with van der Waals surface area (Å²) in [7, 11) is 0. The second-order valence-electron chi connectivity index (χ2n) is 4.40. The average molecular weight is 301 g/mol. The molecule has 0 aromatic heterocycles. The lowest BCUT2D eigenvalue weighted by Gasteiger charge is -2.28. The third-order valence-electron chi connectivity index (χ3n) is 2.46. The molecule has 1 aliphatic heterocycles. The summed E-state index contributed by atoms with van der Waals surface area (Å²) < 4.78 is 40.1. The summed E-state index contributed by atoms with van der Waals surface area (Å²) in [6.07, 6.45) is -5.87. The highest BCUT2D eigenvalue weighted by Crippen LogP contribution is 2.34. The van der Waals surface area contributed by atoms with Gasteiger partial charge < -0.3 is 9.84 Å². The maximum Gasteiger partial charge on any atom is 0.422 e. The Bertz CT molecular complexity index is 361. The highest BCUT2D eigenvalue weighted by atomic mass is 32.2. The minimum atomic E-state index is -4.63. The van der Waals surface area contributed by atoms with Crippen LogP contribution in [-0.4, -0.2) is 52.0 Å². The van der Waals surface area contributed by atoms with Crippen molar-refractivity contribution in [2.45, 2.75) is 31.4 Å². The predicted octanol–water partition coefficient (Wildman–Crippen LogP) is 2.17. The van der Waals surface area contributed by atoms with E-state index in [4.69, 9.17) is 5.11 Å². The molecule has 19 heavy (non-hydrogen) atoms. The summed E-state index contributed by atoms with van der Waals surface area (Å²) in [5.41, 5.74) is 0. The van der Waals surface area contributed by atoms with E-state index in [1.54, 1.807) is 13.8 Å². The number of hydrogen-bond donors (Lipinski definition) is 1. The zero-order chi connectivity index (χ0) is 14.8. The molecule has 1 amide bonds. The average Bonchev–Trinajstić information content (AvgIpc) is 2.69. The second kappa shape index (κ2) is 5.89. The molecule has 2 atom stereocenters. The molecule has 1 rings (SSSR count). The minimum Gasteiger partial charge on any atom is -0.480 e. The zero-order valence-corrected chi connectivity index (χ0v) is 11.1. The van der Waals surface area contributed by atoms with Gasteiger partial charge in [-0.05, 0) is 5.92 Å². The first kappa shape index (κ1) is 15.9. The van der Waals surface area contributed by atoms with E-state index in [-0.39, 0.29) is 11.7 Å². The van der Waals surface area contributed by atoms with Crippen molar-refractivity contribution >= 4 is 23.8 Å². The number of thioether (sulfide) groups is 1. The first-order valence-corrected chi connectivity index (χ1v) is 6.54. The van der Waals surface area contributed by atoms with Crippen molar-refractivity contribution in [1.82, 2.24) is 4.90 Å². The molecule has 1 heterocycles. The summed E-state index contributed by atoms with van der Waals surface area (Å²) in [6, 6.07) is -1.15. The van der Waals surface area contributed by atoms with Crippen LogP contribution in [0.2, 0.25) is 0 Å². The van der Waals surface area contributed by atoms with E-state index in [1.165, 1.54) is 11.8 Å². The molecule has 0 bridgehead atoms. The number of aliphatic carboxylic acids is 1. The van der Waals surface area contributed by atoms with Gasteiger partial charge in [0.1, 0.15) is 6.04 Å². The van der Waals surface area contributed by atoms with Crippen LogP contribution in [0.25, 0.3) is 0 Å². The Morgan fingerprint density at radius 2 is 2.05 bits per heavy atom. The van der Waals surface area contributed by atoms with Crippen LogP contribution in [0.15, 0.2) is 0 Å². The summed E-state index contributed by atoms with van der Waals surface area (Å²) >= 11 is 1.22. The van der Waals surface area contributed by atoms with E-state index in [0.717, 1.165) is 4.90 Å². The third kappa shape index (κ3) is 4.19. The quantitative estimate of drug-likeness (QED) is 0.865. The molecule has 0 aromatic rings. The van der Waals surface area contributed by atoms with Crippen LogP contribution < -0.4 is 0 Å². The zero-order valence-electron chi connectivity index (χ0n) is 10.3. The lowest BCUT2D eigenvalue weighted by molar-refractivity contribution is -0.163. The smallest absolute Gasteiger partial charge is 0.422 e. The number of halogens is 3. The highest BCUT2D eigenvalue weighted by Gasteiger charge is 2.44. The highest BCUT2D eigenvalue weighted by molar-refractivity contribution is 8.00. The van der Waals surface area contributed by atoms with Gasteiger partial charge in [0.05, 0.1) is 5.37 Å². The molecule has 1 aliphatic rings. The van der Waals surface area contributed by atoms with Crippen molar-refractivity contribution in [2.75, 3.05) is 12.4 Å². The van der Waals surface area contributed by atoms with Crippen molar-refractivity contribution in [1.29, 1.82) is 0 Å². The number of carboxylic acid groups (broad SMARTS) is 1. The van der Waals surface area contributed by atoms with E-state index in [9.17, 15) is 22.8 Å². The molecule has 110 valence electrons. The molecule has 0 aromatic carbocycles. The summed E-state index contributed by atoms with van der Waals surface area (Å²) in [4.78, 5) is 23.5. The number of carbonyl (C=O) groups excluding carboxylic acids is 1. The number of nitrogens with zero attached hydrogens (tertiary/aromatic N) is 1. The predicted molar refractivity (Wildman–Crippen MR) is 61.7 cm³/mol. The Morgan fingerprint density at radius 3 is 2.47 bits per heavy atom. The molecule has 1 N–H and O–H groups in total. The van der Waals surface area contributed by atoms with E-state index in [1.807, 2.05) is 0 Å². The molecular weight excluding hydrogens is 287 g/mol. The maximum absolute atomic E-state index is 12.0. The molecular formula is C10H14F3NO4S. The fraction of sp³-hybridized carbons (Fsp3) is 0.800. The van der Waals surface area contributed by atoms with Crippen LogP contribution in [0, 0.1) is 5.92 Å². The molecule has 0 aliphatic carbocycles. The van der Waals surface area contributed by atoms with Gasteiger partial charge in [-0.1, -0.05) is 13.8 Å². The van der Waals surface area contributed by atoms with E-state index < -0.39 is 36.3 Å². The third-order valence-corrected chi connectivity index (χ3v) is 4.08. The molecule has 5 nitrogen and oxygen atoms in total. The largest absolute Gasteiger partial charge is 0.480 e. The van der Waals surface area contributed by atoms with Gasteiger partial charge in [-0.2, -0.15) is 13.2 Å². The number of hydrogen-bond acceptors (Lipinski definition) is 4. The normalized spacial score (nSPS) is 23.8. The van der Waals surface area contributed by atoms with Gasteiger partial charge in [0, 0.05) is 5.75 Å². The van der Waals surface area contributed by atoms with Crippen molar-refractivity contribution in [2.24, 2.45) is 5.92 Å². The van der Waals surface area contributed by atoms with Crippen LogP contribution in [0.4, 0.5) is 18.0 Å². The Kier molecular flexibility index (Phi) is 4.94. The van der Waals surface area contributed by atoms with Gasteiger partial charge in [0.25, 0.3) is 0 Å². The lowest BCUT2D eigenvalue weighted by Crippen LogP contribution is -2.48. The van der Waals surface area contributed by atoms with Gasteiger partial charge in [0.15, 0.2) is 6.61 Å². The Morgan fingerprint density at radius 1 is 1.47 bits per heavy atom. The number of carbonyl (C=O) groups is 2. The SMILES string of the molecule is CC(C)C1SCC(C(=O)O)N1C(=O)OCC(F)(F)F. The fourth-order valence-electron chi connectivity index (χ4n) is 1.68. The monoisotopic (exact) mass is 301 g/mol. The van der Waals surface area contributed by atoms with Crippen LogP contribution in [0.5, 0.6) is 0 Å². The van der Waals surface area contributed by atoms with Crippen LogP contribution >= 0.6 is 11.8 Å². The van der Waals surface area contributed by atoms with E-state index >= 15 is 0 Å². The van der Waals surface area contributed by atoms with Crippen LogP contribution in [0.1, 0.15) is 13.8 Å². The summed E-state index contributed by atoms with van der Waals surface area (Å²) in [5.74, 6) is -1.20. The van der Waals surface area contributed by atoms with E-state index in [2.05, 4.69) is 4.74 Å².